The van der Waals surface area contributed by atoms with Gasteiger partial charge in [-0.25, -0.2) is 19.2 Å². The van der Waals surface area contributed by atoms with Crippen LogP contribution < -0.4 is 10.1 Å². The molecule has 132 valence electrons. The second-order valence-electron chi connectivity index (χ2n) is 6.00. The molecule has 0 spiro atoms. The number of aromatic nitrogens is 2. The molecule has 1 saturated heterocycles. The van der Waals surface area contributed by atoms with Gasteiger partial charge in [0.1, 0.15) is 12.1 Å². The summed E-state index contributed by atoms with van der Waals surface area (Å²) in [5.41, 5.74) is 0. The Morgan fingerprint density at radius 2 is 1.92 bits per heavy atom. The quantitative estimate of drug-likeness (QED) is 0.836. The number of amides is 2. The number of nitrogens with one attached hydrogen (secondary N) is 1. The lowest BCUT2D eigenvalue weighted by molar-refractivity contribution is -0.136. The van der Waals surface area contributed by atoms with E-state index in [1.165, 1.54) is 0 Å². The van der Waals surface area contributed by atoms with E-state index in [9.17, 15) is 14.0 Å². The topological polar surface area (TPSA) is 105 Å². The molecule has 2 N–H and O–H groups in total. The Kier molecular flexibility index (Phi) is 5.88. The van der Waals surface area contributed by atoms with Crippen molar-refractivity contribution in [3.63, 3.8) is 0 Å². The summed E-state index contributed by atoms with van der Waals surface area (Å²) in [4.78, 5) is 32.4. The molecule has 24 heavy (non-hydrogen) atoms. The van der Waals surface area contributed by atoms with E-state index >= 15 is 0 Å². The highest BCUT2D eigenvalue weighted by Gasteiger charge is 2.31. The first-order chi connectivity index (χ1) is 11.4. The van der Waals surface area contributed by atoms with Gasteiger partial charge < -0.3 is 20.1 Å². The standard InChI is InChI=1S/C15H21FN4O4/c1-9(2)12(19-15(22)23)13(21)20-5-3-11(4-6-20)24-14-17-7-10(16)8-18-14/h7-9,11-12,19H,3-6H2,1-2H3,(H,22,23)/t12-/m0/s1. The molecule has 1 aliphatic rings. The Morgan fingerprint density at radius 3 is 2.42 bits per heavy atom. The zero-order valence-electron chi connectivity index (χ0n) is 13.6. The second kappa shape index (κ2) is 7.89. The van der Waals surface area contributed by atoms with E-state index in [0.29, 0.717) is 25.9 Å². The highest BCUT2D eigenvalue weighted by molar-refractivity contribution is 5.85. The van der Waals surface area contributed by atoms with Gasteiger partial charge in [-0.3, -0.25) is 4.79 Å². The number of carboxylic acid groups (broad SMARTS) is 1. The number of carbonyl (C=O) groups is 2. The van der Waals surface area contributed by atoms with Crippen molar-refractivity contribution in [3.05, 3.63) is 18.2 Å². The largest absolute Gasteiger partial charge is 0.465 e. The van der Waals surface area contributed by atoms with Crippen molar-refractivity contribution < 1.29 is 23.8 Å². The fraction of sp³-hybridized carbons (Fsp3) is 0.600. The lowest BCUT2D eigenvalue weighted by Gasteiger charge is -2.34. The average Bonchev–Trinajstić information content (AvgIpc) is 2.54. The summed E-state index contributed by atoms with van der Waals surface area (Å²) in [6.45, 7) is 4.49. The zero-order valence-corrected chi connectivity index (χ0v) is 13.6. The van der Waals surface area contributed by atoms with Gasteiger partial charge in [0, 0.05) is 25.9 Å². The maximum Gasteiger partial charge on any atom is 0.405 e. The molecule has 1 atom stereocenters. The van der Waals surface area contributed by atoms with Crippen LogP contribution in [0.1, 0.15) is 26.7 Å². The Balaban J connectivity index is 1.87. The molecule has 1 fully saturated rings. The van der Waals surface area contributed by atoms with Crippen molar-refractivity contribution >= 4 is 12.0 Å². The van der Waals surface area contributed by atoms with Gasteiger partial charge in [-0.2, -0.15) is 0 Å². The summed E-state index contributed by atoms with van der Waals surface area (Å²) in [7, 11) is 0. The number of halogens is 1. The average molecular weight is 340 g/mol. The van der Waals surface area contributed by atoms with Crippen molar-refractivity contribution in [2.75, 3.05) is 13.1 Å². The van der Waals surface area contributed by atoms with Gasteiger partial charge in [0.25, 0.3) is 0 Å². The molecule has 0 radical (unpaired) electrons. The number of likely N-dealkylation sites (tertiary alicyclic amines) is 1. The van der Waals surface area contributed by atoms with E-state index in [0.717, 1.165) is 12.4 Å². The van der Waals surface area contributed by atoms with E-state index < -0.39 is 18.0 Å². The lowest BCUT2D eigenvalue weighted by atomic mass is 10.0. The van der Waals surface area contributed by atoms with Gasteiger partial charge in [0.2, 0.25) is 5.91 Å². The van der Waals surface area contributed by atoms with Gasteiger partial charge in [0.05, 0.1) is 12.4 Å². The van der Waals surface area contributed by atoms with E-state index in [4.69, 9.17) is 9.84 Å². The normalized spacial score (nSPS) is 16.8. The predicted molar refractivity (Wildman–Crippen MR) is 82.0 cm³/mol. The van der Waals surface area contributed by atoms with Crippen molar-refractivity contribution in [1.29, 1.82) is 0 Å². The molecular weight excluding hydrogens is 319 g/mol. The first-order valence-electron chi connectivity index (χ1n) is 7.79. The third kappa shape index (κ3) is 4.77. The highest BCUT2D eigenvalue weighted by atomic mass is 19.1. The summed E-state index contributed by atoms with van der Waals surface area (Å²) in [6, 6.07) is -0.658. The lowest BCUT2D eigenvalue weighted by Crippen LogP contribution is -2.53. The molecule has 0 aromatic carbocycles. The van der Waals surface area contributed by atoms with Crippen LogP contribution in [0.3, 0.4) is 0 Å². The molecule has 8 nitrogen and oxygen atoms in total. The van der Waals surface area contributed by atoms with Crippen LogP contribution in [0.25, 0.3) is 0 Å². The van der Waals surface area contributed by atoms with Crippen LogP contribution in [-0.4, -0.2) is 57.2 Å². The Morgan fingerprint density at radius 1 is 1.33 bits per heavy atom. The number of piperidine rings is 1. The molecule has 0 bridgehead atoms. The summed E-state index contributed by atoms with van der Waals surface area (Å²) >= 11 is 0. The Labute approximate surface area is 139 Å². The van der Waals surface area contributed by atoms with Crippen molar-refractivity contribution in [2.45, 2.75) is 38.8 Å². The fourth-order valence-corrected chi connectivity index (χ4v) is 2.55. The molecule has 9 heteroatoms. The second-order valence-corrected chi connectivity index (χ2v) is 6.00. The minimum Gasteiger partial charge on any atom is -0.465 e. The number of rotatable bonds is 5. The fourth-order valence-electron chi connectivity index (χ4n) is 2.55. The van der Waals surface area contributed by atoms with E-state index in [1.54, 1.807) is 18.7 Å². The third-order valence-corrected chi connectivity index (χ3v) is 3.83. The summed E-state index contributed by atoms with van der Waals surface area (Å²) in [5.74, 6) is -0.910. The minimum absolute atomic E-state index is 0.105. The first kappa shape index (κ1) is 17.9. The van der Waals surface area contributed by atoms with Crippen LogP contribution in [0.2, 0.25) is 0 Å². The number of hydrogen-bond donors (Lipinski definition) is 2. The van der Waals surface area contributed by atoms with Crippen LogP contribution in [0.4, 0.5) is 9.18 Å². The molecule has 2 amide bonds. The van der Waals surface area contributed by atoms with Crippen LogP contribution in [0, 0.1) is 11.7 Å². The Hall–Kier alpha value is -2.45. The third-order valence-electron chi connectivity index (χ3n) is 3.83. The molecule has 1 aromatic rings. The molecule has 0 unspecified atom stereocenters. The monoisotopic (exact) mass is 340 g/mol. The van der Waals surface area contributed by atoms with Gasteiger partial charge in [-0.1, -0.05) is 13.8 Å². The summed E-state index contributed by atoms with van der Waals surface area (Å²) in [6.07, 6.45) is 1.84. The van der Waals surface area contributed by atoms with Gasteiger partial charge >= 0.3 is 12.1 Å². The molecule has 0 aliphatic carbocycles. The van der Waals surface area contributed by atoms with Crippen LogP contribution >= 0.6 is 0 Å². The smallest absolute Gasteiger partial charge is 0.405 e. The number of carbonyl (C=O) groups excluding carboxylic acids is 1. The van der Waals surface area contributed by atoms with Crippen LogP contribution in [0.5, 0.6) is 6.01 Å². The summed E-state index contributed by atoms with van der Waals surface area (Å²) in [5, 5.41) is 11.1. The van der Waals surface area contributed by atoms with Crippen molar-refractivity contribution in [2.24, 2.45) is 5.92 Å². The number of nitrogens with zero attached hydrogens (tertiary/aromatic N) is 3. The highest BCUT2D eigenvalue weighted by Crippen LogP contribution is 2.18. The van der Waals surface area contributed by atoms with Crippen LogP contribution in [0.15, 0.2) is 12.4 Å². The number of ether oxygens (including phenoxy) is 1. The molecule has 0 saturated carbocycles. The first-order valence-corrected chi connectivity index (χ1v) is 7.79. The van der Waals surface area contributed by atoms with Gasteiger partial charge in [-0.15, -0.1) is 0 Å². The predicted octanol–water partition coefficient (Wildman–Crippen LogP) is 1.28. The van der Waals surface area contributed by atoms with E-state index in [2.05, 4.69) is 15.3 Å². The molecular formula is C15H21FN4O4. The molecule has 1 aliphatic heterocycles. The Bertz CT molecular complexity index is 573. The zero-order chi connectivity index (χ0) is 17.7. The molecule has 1 aromatic heterocycles. The van der Waals surface area contributed by atoms with E-state index in [1.807, 2.05) is 0 Å². The minimum atomic E-state index is -1.21. The maximum absolute atomic E-state index is 12.8. The van der Waals surface area contributed by atoms with Crippen molar-refractivity contribution in [1.82, 2.24) is 20.2 Å². The summed E-state index contributed by atoms with van der Waals surface area (Å²) < 4.78 is 18.3. The van der Waals surface area contributed by atoms with Gasteiger partial charge in [-0.05, 0) is 5.92 Å². The van der Waals surface area contributed by atoms with Crippen molar-refractivity contribution in [3.8, 4) is 6.01 Å². The maximum atomic E-state index is 12.8. The van der Waals surface area contributed by atoms with Gasteiger partial charge in [0.15, 0.2) is 5.82 Å². The SMILES string of the molecule is CC(C)[C@H](NC(=O)O)C(=O)N1CCC(Oc2ncc(F)cn2)CC1. The number of hydrogen-bond acceptors (Lipinski definition) is 5. The van der Waals surface area contributed by atoms with E-state index in [-0.39, 0.29) is 23.9 Å². The molecule has 2 heterocycles. The molecule has 2 rings (SSSR count). The van der Waals surface area contributed by atoms with Crippen LogP contribution in [-0.2, 0) is 4.79 Å².